The van der Waals surface area contributed by atoms with E-state index in [9.17, 15) is 4.79 Å². The van der Waals surface area contributed by atoms with Crippen molar-refractivity contribution in [1.82, 2.24) is 19.7 Å². The van der Waals surface area contributed by atoms with Gasteiger partial charge in [0, 0.05) is 19.2 Å². The second-order valence-corrected chi connectivity index (χ2v) is 7.63. The first-order chi connectivity index (χ1) is 15.2. The Balaban J connectivity index is 1.53. The number of likely N-dealkylation sites (N-methyl/N-ethyl adjacent to an activating group) is 1. The molecule has 1 amide bonds. The summed E-state index contributed by atoms with van der Waals surface area (Å²) < 4.78 is 13.1. The van der Waals surface area contributed by atoms with E-state index >= 15 is 0 Å². The van der Waals surface area contributed by atoms with Crippen molar-refractivity contribution in [2.45, 2.75) is 38.5 Å². The zero-order valence-corrected chi connectivity index (χ0v) is 18.0. The molecule has 3 aromatic rings. The zero-order chi connectivity index (χ0) is 21.6. The molecule has 2 aromatic carbocycles. The largest absolute Gasteiger partial charge is 0.497 e. The topological polar surface area (TPSA) is 69.5 Å². The summed E-state index contributed by atoms with van der Waals surface area (Å²) in [5.41, 5.74) is 3.42. The van der Waals surface area contributed by atoms with Crippen molar-refractivity contribution in [1.29, 1.82) is 0 Å². The van der Waals surface area contributed by atoms with Crippen molar-refractivity contribution in [3.05, 3.63) is 66.7 Å². The number of benzene rings is 2. The standard InChI is InChI=1S/C24H28N4O3/c1-3-28(24(29)15-27-17-25-16-26-27)19-12-13-31-23(14-19)22-7-5-4-6-21(22)18-8-10-20(30-2)11-9-18/h4-11,16-17,19,23H,3,12-15H2,1-2H3/t19-,23+/m0/s1. The third kappa shape index (κ3) is 4.77. The first kappa shape index (κ1) is 21.1. The number of carbonyl (C=O) groups is 1. The van der Waals surface area contributed by atoms with E-state index in [1.54, 1.807) is 18.1 Å². The number of ether oxygens (including phenoxy) is 2. The number of hydrogen-bond donors (Lipinski definition) is 0. The molecule has 0 unspecified atom stereocenters. The lowest BCUT2D eigenvalue weighted by atomic mass is 9.90. The van der Waals surface area contributed by atoms with E-state index in [1.165, 1.54) is 6.33 Å². The molecule has 1 aliphatic heterocycles. The fraction of sp³-hybridized carbons (Fsp3) is 0.375. The summed E-state index contributed by atoms with van der Waals surface area (Å²) in [6.07, 6.45) is 4.56. The van der Waals surface area contributed by atoms with Crippen LogP contribution in [0.1, 0.15) is 31.4 Å². The molecule has 1 aliphatic rings. The number of hydrogen-bond acceptors (Lipinski definition) is 5. The minimum Gasteiger partial charge on any atom is -0.497 e. The van der Waals surface area contributed by atoms with Gasteiger partial charge in [0.1, 0.15) is 24.9 Å². The highest BCUT2D eigenvalue weighted by molar-refractivity contribution is 5.76. The highest BCUT2D eigenvalue weighted by Crippen LogP contribution is 2.37. The highest BCUT2D eigenvalue weighted by atomic mass is 16.5. The van der Waals surface area contributed by atoms with Crippen molar-refractivity contribution < 1.29 is 14.3 Å². The van der Waals surface area contributed by atoms with Crippen LogP contribution >= 0.6 is 0 Å². The Morgan fingerprint density at radius 2 is 2.03 bits per heavy atom. The van der Waals surface area contributed by atoms with Gasteiger partial charge < -0.3 is 14.4 Å². The molecular formula is C24H28N4O3. The van der Waals surface area contributed by atoms with Gasteiger partial charge in [-0.25, -0.2) is 9.67 Å². The Morgan fingerprint density at radius 1 is 1.23 bits per heavy atom. The Morgan fingerprint density at radius 3 is 2.74 bits per heavy atom. The molecule has 162 valence electrons. The van der Waals surface area contributed by atoms with Gasteiger partial charge in [-0.05, 0) is 48.6 Å². The van der Waals surface area contributed by atoms with Crippen LogP contribution in [-0.4, -0.2) is 51.9 Å². The summed E-state index contributed by atoms with van der Waals surface area (Å²) in [5.74, 6) is 0.891. The zero-order valence-electron chi connectivity index (χ0n) is 18.0. The second-order valence-electron chi connectivity index (χ2n) is 7.63. The van der Waals surface area contributed by atoms with Crippen LogP contribution in [0.2, 0.25) is 0 Å². The smallest absolute Gasteiger partial charge is 0.244 e. The van der Waals surface area contributed by atoms with Gasteiger partial charge in [0.15, 0.2) is 0 Å². The third-order valence-electron chi connectivity index (χ3n) is 5.83. The number of nitrogens with zero attached hydrogens (tertiary/aromatic N) is 4. The first-order valence-electron chi connectivity index (χ1n) is 10.7. The van der Waals surface area contributed by atoms with Crippen molar-refractivity contribution in [3.63, 3.8) is 0 Å². The van der Waals surface area contributed by atoms with Crippen LogP contribution in [0.3, 0.4) is 0 Å². The van der Waals surface area contributed by atoms with Gasteiger partial charge in [0.05, 0.1) is 13.2 Å². The maximum absolute atomic E-state index is 12.9. The molecule has 4 rings (SSSR count). The predicted octanol–water partition coefficient (Wildman–Crippen LogP) is 3.72. The van der Waals surface area contributed by atoms with Gasteiger partial charge in [0.25, 0.3) is 0 Å². The van der Waals surface area contributed by atoms with Gasteiger partial charge in [-0.3, -0.25) is 4.79 Å². The molecule has 7 nitrogen and oxygen atoms in total. The van der Waals surface area contributed by atoms with Crippen LogP contribution in [0.5, 0.6) is 5.75 Å². The Kier molecular flexibility index (Phi) is 6.62. The minimum atomic E-state index is -0.0646. The summed E-state index contributed by atoms with van der Waals surface area (Å²) in [7, 11) is 1.67. The second kappa shape index (κ2) is 9.75. The molecule has 0 bridgehead atoms. The monoisotopic (exact) mass is 420 g/mol. The molecule has 2 heterocycles. The quantitative estimate of drug-likeness (QED) is 0.583. The van der Waals surface area contributed by atoms with Crippen LogP contribution in [0.15, 0.2) is 61.2 Å². The number of methoxy groups -OCH3 is 1. The van der Waals surface area contributed by atoms with Crippen LogP contribution in [-0.2, 0) is 16.1 Å². The maximum Gasteiger partial charge on any atom is 0.244 e. The SMILES string of the molecule is CCN(C(=O)Cn1cncn1)[C@H]1CCO[C@@H](c2ccccc2-c2ccc(OC)cc2)C1. The van der Waals surface area contributed by atoms with Gasteiger partial charge in [-0.1, -0.05) is 36.4 Å². The van der Waals surface area contributed by atoms with Crippen molar-refractivity contribution in [2.75, 3.05) is 20.3 Å². The minimum absolute atomic E-state index is 0.0575. The normalized spacial score (nSPS) is 18.5. The van der Waals surface area contributed by atoms with Crippen molar-refractivity contribution in [2.24, 2.45) is 0 Å². The fourth-order valence-corrected chi connectivity index (χ4v) is 4.27. The Labute approximate surface area is 182 Å². The molecule has 31 heavy (non-hydrogen) atoms. The van der Waals surface area contributed by atoms with Gasteiger partial charge >= 0.3 is 0 Å². The van der Waals surface area contributed by atoms with E-state index in [-0.39, 0.29) is 24.6 Å². The Bertz CT molecular complexity index is 988. The van der Waals surface area contributed by atoms with Crippen LogP contribution in [0.4, 0.5) is 0 Å². The van der Waals surface area contributed by atoms with E-state index in [0.29, 0.717) is 13.2 Å². The highest BCUT2D eigenvalue weighted by Gasteiger charge is 2.31. The average Bonchev–Trinajstić information content (AvgIpc) is 3.33. The molecule has 0 aliphatic carbocycles. The van der Waals surface area contributed by atoms with Gasteiger partial charge in [0.2, 0.25) is 5.91 Å². The average molecular weight is 421 g/mol. The molecule has 1 saturated heterocycles. The lowest BCUT2D eigenvalue weighted by Crippen LogP contribution is -2.45. The lowest BCUT2D eigenvalue weighted by molar-refractivity contribution is -0.137. The first-order valence-corrected chi connectivity index (χ1v) is 10.7. The number of aromatic nitrogens is 3. The molecule has 0 saturated carbocycles. The van der Waals surface area contributed by atoms with E-state index < -0.39 is 0 Å². The summed E-state index contributed by atoms with van der Waals surface area (Å²) >= 11 is 0. The summed E-state index contributed by atoms with van der Waals surface area (Å²) in [5, 5.41) is 4.06. The van der Waals surface area contributed by atoms with Crippen LogP contribution < -0.4 is 4.74 Å². The van der Waals surface area contributed by atoms with Crippen LogP contribution in [0.25, 0.3) is 11.1 Å². The van der Waals surface area contributed by atoms with Crippen molar-refractivity contribution >= 4 is 5.91 Å². The third-order valence-corrected chi connectivity index (χ3v) is 5.83. The summed E-state index contributed by atoms with van der Waals surface area (Å²) in [6.45, 7) is 3.51. The maximum atomic E-state index is 12.9. The fourth-order valence-electron chi connectivity index (χ4n) is 4.27. The summed E-state index contributed by atoms with van der Waals surface area (Å²) in [4.78, 5) is 18.8. The molecule has 1 aromatic heterocycles. The van der Waals surface area contributed by atoms with E-state index in [4.69, 9.17) is 9.47 Å². The molecule has 1 fully saturated rings. The van der Waals surface area contributed by atoms with Crippen LogP contribution in [0, 0.1) is 0 Å². The van der Waals surface area contributed by atoms with E-state index in [1.807, 2.05) is 36.1 Å². The van der Waals surface area contributed by atoms with Gasteiger partial charge in [-0.15, -0.1) is 0 Å². The van der Waals surface area contributed by atoms with Crippen molar-refractivity contribution in [3.8, 4) is 16.9 Å². The molecule has 0 N–H and O–H groups in total. The van der Waals surface area contributed by atoms with Gasteiger partial charge in [-0.2, -0.15) is 5.10 Å². The molecular weight excluding hydrogens is 392 g/mol. The lowest BCUT2D eigenvalue weighted by Gasteiger charge is -2.37. The van der Waals surface area contributed by atoms with E-state index in [2.05, 4.69) is 34.3 Å². The number of amides is 1. The molecule has 2 atom stereocenters. The molecule has 7 heteroatoms. The summed E-state index contributed by atoms with van der Waals surface area (Å²) in [6, 6.07) is 16.5. The molecule has 0 radical (unpaired) electrons. The van der Waals surface area contributed by atoms with E-state index in [0.717, 1.165) is 35.3 Å². The predicted molar refractivity (Wildman–Crippen MR) is 118 cm³/mol. The number of carbonyl (C=O) groups excluding carboxylic acids is 1. The molecule has 0 spiro atoms. The number of rotatable bonds is 7. The Hall–Kier alpha value is -3.19.